The van der Waals surface area contributed by atoms with Crippen LogP contribution in [0.5, 0.6) is 0 Å². The van der Waals surface area contributed by atoms with Gasteiger partial charge < -0.3 is 10.1 Å². The molecule has 0 aromatic heterocycles. The Labute approximate surface area is 172 Å². The number of amides is 1. The average Bonchev–Trinajstić information content (AvgIpc) is 2.63. The second-order valence-corrected chi connectivity index (χ2v) is 8.75. The molecule has 2 aromatic rings. The number of nitrogens with one attached hydrogen (secondary N) is 2. The molecule has 0 bridgehead atoms. The number of aryl methyl sites for hydroxylation is 2. The van der Waals surface area contributed by atoms with Gasteiger partial charge in [0, 0.05) is 16.7 Å². The normalized spacial score (nSPS) is 11.1. The van der Waals surface area contributed by atoms with Gasteiger partial charge in [0.05, 0.1) is 11.3 Å². The Hall–Kier alpha value is -2.23. The zero-order valence-corrected chi connectivity index (χ0v) is 17.9. The van der Waals surface area contributed by atoms with Crippen LogP contribution in [-0.4, -0.2) is 33.4 Å². The van der Waals surface area contributed by atoms with E-state index in [4.69, 9.17) is 4.74 Å². The molecule has 150 valence electrons. The molecule has 28 heavy (non-hydrogen) atoms. The number of benzene rings is 2. The van der Waals surface area contributed by atoms with Crippen molar-refractivity contribution in [1.82, 2.24) is 4.72 Å². The van der Waals surface area contributed by atoms with Crippen LogP contribution >= 0.6 is 15.9 Å². The van der Waals surface area contributed by atoms with Crippen LogP contribution < -0.4 is 10.0 Å². The third kappa shape index (κ3) is 6.74. The molecule has 0 aliphatic carbocycles. The van der Waals surface area contributed by atoms with Crippen molar-refractivity contribution in [1.29, 1.82) is 0 Å². The fourth-order valence-electron chi connectivity index (χ4n) is 2.23. The van der Waals surface area contributed by atoms with E-state index in [1.165, 1.54) is 12.1 Å². The number of carbonyl (C=O) groups excluding carboxylic acids is 2. The zero-order chi connectivity index (χ0) is 20.7. The molecular weight excluding hydrogens is 448 g/mol. The second kappa shape index (κ2) is 9.81. The van der Waals surface area contributed by atoms with Gasteiger partial charge in [-0.2, -0.15) is 0 Å². The molecule has 1 amide bonds. The van der Waals surface area contributed by atoms with Crippen LogP contribution in [-0.2, 0) is 24.3 Å². The van der Waals surface area contributed by atoms with E-state index in [2.05, 4.69) is 26.0 Å². The molecule has 0 saturated heterocycles. The lowest BCUT2D eigenvalue weighted by molar-refractivity contribution is -0.147. The SMILES string of the molecule is Cc1ccc(S(=O)(=O)NCCC(=O)OCC(=O)Nc2ccc(Br)c(C)c2)cc1. The maximum absolute atomic E-state index is 12.1. The molecule has 0 aliphatic heterocycles. The van der Waals surface area contributed by atoms with Gasteiger partial charge in [-0.25, -0.2) is 13.1 Å². The number of esters is 1. The summed E-state index contributed by atoms with van der Waals surface area (Å²) in [5, 5.41) is 2.62. The van der Waals surface area contributed by atoms with Crippen molar-refractivity contribution in [3.63, 3.8) is 0 Å². The number of ether oxygens (including phenoxy) is 1. The summed E-state index contributed by atoms with van der Waals surface area (Å²) in [7, 11) is -3.69. The molecule has 0 radical (unpaired) electrons. The molecule has 0 fully saturated rings. The van der Waals surface area contributed by atoms with Gasteiger partial charge in [0.2, 0.25) is 10.0 Å². The number of anilines is 1. The van der Waals surface area contributed by atoms with Crippen LogP contribution in [0.3, 0.4) is 0 Å². The Morgan fingerprint density at radius 1 is 1.07 bits per heavy atom. The van der Waals surface area contributed by atoms with Gasteiger partial charge in [-0.15, -0.1) is 0 Å². The van der Waals surface area contributed by atoms with E-state index in [1.54, 1.807) is 30.3 Å². The van der Waals surface area contributed by atoms with E-state index in [9.17, 15) is 18.0 Å². The Bertz CT molecular complexity index is 959. The second-order valence-electron chi connectivity index (χ2n) is 6.13. The Balaban J connectivity index is 1.74. The molecule has 9 heteroatoms. The maximum Gasteiger partial charge on any atom is 0.307 e. The summed E-state index contributed by atoms with van der Waals surface area (Å²) in [6.07, 6.45) is -0.185. The molecule has 0 heterocycles. The molecular formula is C19H21BrN2O5S. The lowest BCUT2D eigenvalue weighted by Crippen LogP contribution is -2.28. The van der Waals surface area contributed by atoms with Crippen molar-refractivity contribution in [2.75, 3.05) is 18.5 Å². The van der Waals surface area contributed by atoms with Gasteiger partial charge >= 0.3 is 5.97 Å². The molecule has 0 saturated carbocycles. The Morgan fingerprint density at radius 2 is 1.75 bits per heavy atom. The summed E-state index contributed by atoms with van der Waals surface area (Å²) in [5.74, 6) is -1.15. The van der Waals surface area contributed by atoms with Crippen LogP contribution in [0.15, 0.2) is 51.8 Å². The van der Waals surface area contributed by atoms with Gasteiger partial charge in [-0.3, -0.25) is 9.59 Å². The van der Waals surface area contributed by atoms with Crippen LogP contribution in [0.25, 0.3) is 0 Å². The molecule has 0 aliphatic rings. The minimum atomic E-state index is -3.69. The first-order valence-electron chi connectivity index (χ1n) is 8.45. The monoisotopic (exact) mass is 468 g/mol. The number of rotatable bonds is 8. The number of halogens is 1. The summed E-state index contributed by atoms with van der Waals surface area (Å²) >= 11 is 3.37. The number of hydrogen-bond acceptors (Lipinski definition) is 5. The van der Waals surface area contributed by atoms with Crippen molar-refractivity contribution in [2.24, 2.45) is 0 Å². The quantitative estimate of drug-likeness (QED) is 0.579. The fourth-order valence-corrected chi connectivity index (χ4v) is 3.50. The molecule has 2 rings (SSSR count). The average molecular weight is 469 g/mol. The Kier molecular flexibility index (Phi) is 7.73. The summed E-state index contributed by atoms with van der Waals surface area (Å²) in [5.41, 5.74) is 2.49. The summed E-state index contributed by atoms with van der Waals surface area (Å²) < 4.78 is 32.4. The van der Waals surface area contributed by atoms with E-state index < -0.39 is 28.5 Å². The van der Waals surface area contributed by atoms with Crippen molar-refractivity contribution in [3.8, 4) is 0 Å². The predicted molar refractivity (Wildman–Crippen MR) is 109 cm³/mol. The van der Waals surface area contributed by atoms with Gasteiger partial charge in [-0.05, 0) is 49.7 Å². The first-order valence-corrected chi connectivity index (χ1v) is 10.7. The van der Waals surface area contributed by atoms with Crippen molar-refractivity contribution in [2.45, 2.75) is 25.2 Å². The number of hydrogen-bond donors (Lipinski definition) is 2. The van der Waals surface area contributed by atoms with E-state index >= 15 is 0 Å². The Morgan fingerprint density at radius 3 is 2.39 bits per heavy atom. The first kappa shape index (κ1) is 22.1. The van der Waals surface area contributed by atoms with Crippen molar-refractivity contribution in [3.05, 3.63) is 58.1 Å². The zero-order valence-electron chi connectivity index (χ0n) is 15.5. The summed E-state index contributed by atoms with van der Waals surface area (Å²) in [4.78, 5) is 23.7. The topological polar surface area (TPSA) is 102 Å². The molecule has 0 atom stereocenters. The lowest BCUT2D eigenvalue weighted by Gasteiger charge is -2.09. The molecule has 0 spiro atoms. The lowest BCUT2D eigenvalue weighted by atomic mass is 10.2. The summed E-state index contributed by atoms with van der Waals surface area (Å²) in [6.45, 7) is 3.17. The van der Waals surface area contributed by atoms with Gasteiger partial charge in [0.1, 0.15) is 0 Å². The number of sulfonamides is 1. The van der Waals surface area contributed by atoms with Crippen molar-refractivity contribution < 1.29 is 22.7 Å². The van der Waals surface area contributed by atoms with E-state index in [0.29, 0.717) is 5.69 Å². The maximum atomic E-state index is 12.1. The van der Waals surface area contributed by atoms with Gasteiger partial charge in [0.15, 0.2) is 6.61 Å². The van der Waals surface area contributed by atoms with Crippen molar-refractivity contribution >= 4 is 43.5 Å². The van der Waals surface area contributed by atoms with E-state index in [-0.39, 0.29) is 17.9 Å². The van der Waals surface area contributed by atoms with Crippen LogP contribution in [0.1, 0.15) is 17.5 Å². The first-order chi connectivity index (χ1) is 13.2. The van der Waals surface area contributed by atoms with E-state index in [1.807, 2.05) is 13.8 Å². The van der Waals surface area contributed by atoms with Crippen LogP contribution in [0, 0.1) is 13.8 Å². The van der Waals surface area contributed by atoms with Crippen LogP contribution in [0.2, 0.25) is 0 Å². The molecule has 2 aromatic carbocycles. The highest BCUT2D eigenvalue weighted by Gasteiger charge is 2.15. The molecule has 0 unspecified atom stereocenters. The van der Waals surface area contributed by atoms with E-state index in [0.717, 1.165) is 15.6 Å². The standard InChI is InChI=1S/C19H21BrN2O5S/c1-13-3-6-16(7-4-13)28(25,26)21-10-9-19(24)27-12-18(23)22-15-5-8-17(20)14(2)11-15/h3-8,11,21H,9-10,12H2,1-2H3,(H,22,23). The fraction of sp³-hybridized carbons (Fsp3) is 0.263. The highest BCUT2D eigenvalue weighted by atomic mass is 79.9. The summed E-state index contributed by atoms with van der Waals surface area (Å²) in [6, 6.07) is 11.7. The van der Waals surface area contributed by atoms with Crippen LogP contribution in [0.4, 0.5) is 5.69 Å². The predicted octanol–water partition coefficient (Wildman–Crippen LogP) is 2.92. The highest BCUT2D eigenvalue weighted by molar-refractivity contribution is 9.10. The van der Waals surface area contributed by atoms with Gasteiger partial charge in [-0.1, -0.05) is 33.6 Å². The smallest absolute Gasteiger partial charge is 0.307 e. The third-order valence-electron chi connectivity index (χ3n) is 3.76. The minimum absolute atomic E-state index is 0.121. The largest absolute Gasteiger partial charge is 0.456 e. The minimum Gasteiger partial charge on any atom is -0.456 e. The highest BCUT2D eigenvalue weighted by Crippen LogP contribution is 2.19. The number of carbonyl (C=O) groups is 2. The molecule has 2 N–H and O–H groups in total. The molecule has 7 nitrogen and oxygen atoms in total. The third-order valence-corrected chi connectivity index (χ3v) is 6.13. The van der Waals surface area contributed by atoms with Gasteiger partial charge in [0.25, 0.3) is 5.91 Å².